The molecule has 0 aromatic rings. The van der Waals surface area contributed by atoms with Crippen molar-refractivity contribution in [2.45, 2.75) is 12.5 Å². The summed E-state index contributed by atoms with van der Waals surface area (Å²) < 4.78 is 0.801. The van der Waals surface area contributed by atoms with Crippen molar-refractivity contribution in [1.29, 1.82) is 0 Å². The number of nitrogens with zero attached hydrogens (tertiary/aromatic N) is 1. The van der Waals surface area contributed by atoms with Gasteiger partial charge in [0.15, 0.2) is 0 Å². The van der Waals surface area contributed by atoms with Gasteiger partial charge < -0.3 is 9.59 Å². The molecule has 0 spiro atoms. The minimum absolute atomic E-state index is 0.238. The zero-order valence-corrected chi connectivity index (χ0v) is 7.17. The molecule has 0 rings (SSSR count). The Balaban J connectivity index is 3.56. The highest BCUT2D eigenvalue weighted by atomic mass is 16.3. The van der Waals surface area contributed by atoms with Crippen molar-refractivity contribution in [1.82, 2.24) is 0 Å². The van der Waals surface area contributed by atoms with Crippen molar-refractivity contribution < 1.29 is 9.59 Å². The first-order chi connectivity index (χ1) is 4.45. The summed E-state index contributed by atoms with van der Waals surface area (Å²) in [7, 11) is 6.19. The summed E-state index contributed by atoms with van der Waals surface area (Å²) in [6.45, 7) is 4.35. The minimum Gasteiger partial charge on any atom is -0.387 e. The van der Waals surface area contributed by atoms with Gasteiger partial charge in [0.1, 0.15) is 12.6 Å². The van der Waals surface area contributed by atoms with Gasteiger partial charge in [0.25, 0.3) is 0 Å². The molecule has 0 aromatic heterocycles. The third-order valence-corrected chi connectivity index (χ3v) is 1.20. The Kier molecular flexibility index (Phi) is 3.61. The summed E-state index contributed by atoms with van der Waals surface area (Å²) in [5.41, 5.74) is 0. The molecule has 0 aliphatic carbocycles. The summed E-state index contributed by atoms with van der Waals surface area (Å²) in [4.78, 5) is 0. The van der Waals surface area contributed by atoms with E-state index in [0.717, 1.165) is 11.0 Å². The van der Waals surface area contributed by atoms with Crippen LogP contribution in [0.4, 0.5) is 0 Å². The van der Waals surface area contributed by atoms with E-state index < -0.39 is 0 Å². The van der Waals surface area contributed by atoms with Gasteiger partial charge >= 0.3 is 0 Å². The molecule has 0 aliphatic heterocycles. The van der Waals surface area contributed by atoms with Crippen LogP contribution in [-0.2, 0) is 0 Å². The van der Waals surface area contributed by atoms with Gasteiger partial charge in [-0.15, -0.1) is 6.58 Å². The van der Waals surface area contributed by atoms with Crippen LogP contribution in [0.25, 0.3) is 0 Å². The van der Waals surface area contributed by atoms with Gasteiger partial charge in [-0.05, 0) is 6.42 Å². The zero-order chi connectivity index (χ0) is 8.20. The Morgan fingerprint density at radius 3 is 2.30 bits per heavy atom. The molecule has 1 N–H and O–H groups in total. The van der Waals surface area contributed by atoms with Crippen LogP contribution in [0.15, 0.2) is 12.7 Å². The van der Waals surface area contributed by atoms with Crippen LogP contribution in [0.2, 0.25) is 0 Å². The van der Waals surface area contributed by atoms with E-state index in [-0.39, 0.29) is 6.10 Å². The van der Waals surface area contributed by atoms with E-state index in [0.29, 0.717) is 6.42 Å². The van der Waals surface area contributed by atoms with Crippen LogP contribution < -0.4 is 0 Å². The molecule has 60 valence electrons. The first-order valence-electron chi connectivity index (χ1n) is 3.55. The zero-order valence-electron chi connectivity index (χ0n) is 7.17. The second-order valence-electron chi connectivity index (χ2n) is 3.65. The largest absolute Gasteiger partial charge is 0.387 e. The molecule has 1 atom stereocenters. The number of aliphatic hydroxyl groups excluding tert-OH is 1. The van der Waals surface area contributed by atoms with Crippen molar-refractivity contribution in [2.24, 2.45) is 0 Å². The van der Waals surface area contributed by atoms with E-state index in [9.17, 15) is 5.11 Å². The van der Waals surface area contributed by atoms with E-state index >= 15 is 0 Å². The first-order valence-corrected chi connectivity index (χ1v) is 3.55. The Morgan fingerprint density at radius 2 is 2.00 bits per heavy atom. The van der Waals surface area contributed by atoms with Crippen LogP contribution in [0.3, 0.4) is 0 Å². The molecule has 1 unspecified atom stereocenters. The Bertz CT molecular complexity index is 104. The number of likely N-dealkylation sites (N-methyl/N-ethyl adjacent to an activating group) is 1. The third-order valence-electron chi connectivity index (χ3n) is 1.20. The maximum atomic E-state index is 9.30. The molecule has 2 heteroatoms. The van der Waals surface area contributed by atoms with Crippen LogP contribution in [0.1, 0.15) is 6.42 Å². The van der Waals surface area contributed by atoms with Crippen LogP contribution in [0, 0.1) is 0 Å². The van der Waals surface area contributed by atoms with Crippen molar-refractivity contribution in [2.75, 3.05) is 27.7 Å². The average molecular weight is 144 g/mol. The van der Waals surface area contributed by atoms with Gasteiger partial charge in [0.2, 0.25) is 0 Å². The van der Waals surface area contributed by atoms with Gasteiger partial charge in [0, 0.05) is 0 Å². The fourth-order valence-corrected chi connectivity index (χ4v) is 0.899. The summed E-state index contributed by atoms with van der Waals surface area (Å²) in [6, 6.07) is 0. The number of rotatable bonds is 4. The Hall–Kier alpha value is -0.340. The van der Waals surface area contributed by atoms with Crippen LogP contribution >= 0.6 is 0 Å². The molecule has 0 bridgehead atoms. The number of hydrogen-bond acceptors (Lipinski definition) is 1. The average Bonchev–Trinajstić information content (AvgIpc) is 1.59. The Labute approximate surface area is 63.4 Å². The molecule has 0 aliphatic rings. The lowest BCUT2D eigenvalue weighted by Crippen LogP contribution is -2.41. The smallest absolute Gasteiger partial charge is 0.106 e. The Morgan fingerprint density at radius 1 is 1.50 bits per heavy atom. The molecular formula is C8H18NO+. The summed E-state index contributed by atoms with van der Waals surface area (Å²) >= 11 is 0. The lowest BCUT2D eigenvalue weighted by Gasteiger charge is -2.26. The van der Waals surface area contributed by atoms with Gasteiger partial charge in [0.05, 0.1) is 21.1 Å². The van der Waals surface area contributed by atoms with Gasteiger partial charge in [-0.1, -0.05) is 6.08 Å². The van der Waals surface area contributed by atoms with E-state index in [2.05, 4.69) is 27.7 Å². The third kappa shape index (κ3) is 5.79. The number of hydrogen-bond donors (Lipinski definition) is 1. The standard InChI is InChI=1S/C8H18NO/c1-5-6-8(10)7-9(2,3)4/h5,8,10H,1,6-7H2,2-4H3/q+1. The fraction of sp³-hybridized carbons (Fsp3) is 0.750. The molecule has 0 radical (unpaired) electrons. The van der Waals surface area contributed by atoms with Gasteiger partial charge in [-0.3, -0.25) is 0 Å². The molecule has 0 saturated carbocycles. The summed E-state index contributed by atoms with van der Waals surface area (Å²) in [6.07, 6.45) is 2.20. The predicted molar refractivity (Wildman–Crippen MR) is 43.7 cm³/mol. The molecule has 0 heterocycles. The molecule has 10 heavy (non-hydrogen) atoms. The van der Waals surface area contributed by atoms with E-state index in [1.165, 1.54) is 0 Å². The van der Waals surface area contributed by atoms with Crippen molar-refractivity contribution in [3.8, 4) is 0 Å². The summed E-state index contributed by atoms with van der Waals surface area (Å²) in [5.74, 6) is 0. The molecule has 0 aromatic carbocycles. The van der Waals surface area contributed by atoms with E-state index in [4.69, 9.17) is 0 Å². The van der Waals surface area contributed by atoms with Crippen LogP contribution in [0.5, 0.6) is 0 Å². The van der Waals surface area contributed by atoms with E-state index in [1.54, 1.807) is 6.08 Å². The van der Waals surface area contributed by atoms with Gasteiger partial charge in [-0.2, -0.15) is 0 Å². The molecule has 2 nitrogen and oxygen atoms in total. The number of quaternary nitrogens is 1. The minimum atomic E-state index is -0.238. The molecule has 0 saturated heterocycles. The maximum absolute atomic E-state index is 9.30. The molecule has 0 fully saturated rings. The van der Waals surface area contributed by atoms with Gasteiger partial charge in [-0.25, -0.2) is 0 Å². The lowest BCUT2D eigenvalue weighted by molar-refractivity contribution is -0.873. The first kappa shape index (κ1) is 9.66. The second kappa shape index (κ2) is 3.74. The normalized spacial score (nSPS) is 14.8. The van der Waals surface area contributed by atoms with Crippen molar-refractivity contribution >= 4 is 0 Å². The fourth-order valence-electron chi connectivity index (χ4n) is 0.899. The molecular weight excluding hydrogens is 126 g/mol. The lowest BCUT2D eigenvalue weighted by atomic mass is 10.2. The maximum Gasteiger partial charge on any atom is 0.106 e. The molecule has 0 amide bonds. The summed E-state index contributed by atoms with van der Waals surface area (Å²) in [5, 5.41) is 9.30. The predicted octanol–water partition coefficient (Wildman–Crippen LogP) is 0.630. The topological polar surface area (TPSA) is 20.2 Å². The van der Waals surface area contributed by atoms with Crippen molar-refractivity contribution in [3.63, 3.8) is 0 Å². The van der Waals surface area contributed by atoms with Crippen molar-refractivity contribution in [3.05, 3.63) is 12.7 Å². The quantitative estimate of drug-likeness (QED) is 0.453. The highest BCUT2D eigenvalue weighted by Crippen LogP contribution is 1.98. The number of aliphatic hydroxyl groups is 1. The van der Waals surface area contributed by atoms with E-state index in [1.807, 2.05) is 0 Å². The monoisotopic (exact) mass is 144 g/mol. The SMILES string of the molecule is C=CCC(O)C[N+](C)(C)C. The highest BCUT2D eigenvalue weighted by molar-refractivity contribution is 4.71. The second-order valence-corrected chi connectivity index (χ2v) is 3.65. The highest BCUT2D eigenvalue weighted by Gasteiger charge is 2.12. The van der Waals surface area contributed by atoms with Crippen LogP contribution in [-0.4, -0.2) is 43.4 Å².